The second kappa shape index (κ2) is 13.1. The van der Waals surface area contributed by atoms with Gasteiger partial charge < -0.3 is 0 Å². The molecule has 0 saturated carbocycles. The van der Waals surface area contributed by atoms with E-state index in [2.05, 4.69) is 94.1 Å². The fraction of sp³-hybridized carbons (Fsp3) is 1.00. The number of thioether (sulfide) groups is 8. The lowest BCUT2D eigenvalue weighted by molar-refractivity contribution is 1.06. The van der Waals surface area contributed by atoms with Gasteiger partial charge in [0.05, 0.1) is 0 Å². The number of hydrogen-bond donors (Lipinski definition) is 0. The van der Waals surface area contributed by atoms with Gasteiger partial charge in [-0.05, 0) is 0 Å². The molecule has 8 heteroatoms. The monoisotopic (exact) mass is 476 g/mol. The van der Waals surface area contributed by atoms with E-state index in [-0.39, 0.29) is 0 Å². The van der Waals surface area contributed by atoms with Gasteiger partial charge in [0.2, 0.25) is 0 Å². The van der Waals surface area contributed by atoms with Crippen molar-refractivity contribution in [2.45, 2.75) is 21.0 Å². The standard InChI is InChI=1S/C16H28S8/c1(17-5-13-9-21-13)3-19-7-15-11-24-16(12-23-15)8-20-4-2-18-6-14-10-22-14/h13-16H,1-12H2. The van der Waals surface area contributed by atoms with Crippen molar-refractivity contribution >= 4 is 94.1 Å². The van der Waals surface area contributed by atoms with Crippen molar-refractivity contribution < 1.29 is 0 Å². The van der Waals surface area contributed by atoms with Crippen molar-refractivity contribution in [2.75, 3.05) is 69.0 Å². The zero-order chi connectivity index (χ0) is 16.5. The minimum atomic E-state index is 0.914. The van der Waals surface area contributed by atoms with Crippen molar-refractivity contribution in [3.05, 3.63) is 0 Å². The SMILES string of the molecule is C(CSCC1CSC(CSCCSCC2CS2)CS1)SCC1CS1. The summed E-state index contributed by atoms with van der Waals surface area (Å²) < 4.78 is 0. The van der Waals surface area contributed by atoms with Crippen LogP contribution in [-0.4, -0.2) is 90.0 Å². The zero-order valence-electron chi connectivity index (χ0n) is 14.1. The van der Waals surface area contributed by atoms with Gasteiger partial charge in [-0.2, -0.15) is 94.1 Å². The van der Waals surface area contributed by atoms with Crippen molar-refractivity contribution in [1.29, 1.82) is 0 Å². The van der Waals surface area contributed by atoms with Gasteiger partial charge in [0.15, 0.2) is 0 Å². The summed E-state index contributed by atoms with van der Waals surface area (Å²) in [5.74, 6) is 16.6. The summed E-state index contributed by atoms with van der Waals surface area (Å²) in [7, 11) is 0. The van der Waals surface area contributed by atoms with Gasteiger partial charge in [-0.15, -0.1) is 0 Å². The van der Waals surface area contributed by atoms with E-state index in [9.17, 15) is 0 Å². The molecule has 4 atom stereocenters. The predicted octanol–water partition coefficient (Wildman–Crippen LogP) is 5.37. The van der Waals surface area contributed by atoms with Crippen LogP contribution in [0.1, 0.15) is 0 Å². The zero-order valence-corrected chi connectivity index (χ0v) is 20.6. The minimum Gasteiger partial charge on any atom is -0.160 e. The Hall–Kier alpha value is 2.80. The van der Waals surface area contributed by atoms with E-state index in [0.29, 0.717) is 0 Å². The highest BCUT2D eigenvalue weighted by Crippen LogP contribution is 2.35. The highest BCUT2D eigenvalue weighted by Gasteiger charge is 2.23. The Morgan fingerprint density at radius 3 is 0.917 bits per heavy atom. The number of hydrogen-bond acceptors (Lipinski definition) is 8. The maximum absolute atomic E-state index is 2.26. The van der Waals surface area contributed by atoms with E-state index in [1.165, 1.54) is 69.0 Å². The molecule has 3 fully saturated rings. The Morgan fingerprint density at radius 1 is 0.458 bits per heavy atom. The topological polar surface area (TPSA) is 0 Å². The summed E-state index contributed by atoms with van der Waals surface area (Å²) in [6, 6.07) is 0. The molecule has 24 heavy (non-hydrogen) atoms. The molecule has 3 rings (SSSR count). The molecule has 0 aromatic heterocycles. The van der Waals surface area contributed by atoms with Gasteiger partial charge in [0.1, 0.15) is 0 Å². The van der Waals surface area contributed by atoms with Gasteiger partial charge in [-0.3, -0.25) is 0 Å². The first-order valence-electron chi connectivity index (χ1n) is 8.67. The molecule has 0 N–H and O–H groups in total. The summed E-state index contributed by atoms with van der Waals surface area (Å²) in [6.45, 7) is 0. The lowest BCUT2D eigenvalue weighted by atomic mass is 10.5. The average molecular weight is 477 g/mol. The van der Waals surface area contributed by atoms with Crippen LogP contribution < -0.4 is 0 Å². The van der Waals surface area contributed by atoms with Gasteiger partial charge in [0.25, 0.3) is 0 Å². The van der Waals surface area contributed by atoms with Crippen molar-refractivity contribution in [1.82, 2.24) is 0 Å². The molecule has 3 aliphatic rings. The summed E-state index contributed by atoms with van der Waals surface area (Å²) in [6.07, 6.45) is 0. The predicted molar refractivity (Wildman–Crippen MR) is 134 cm³/mol. The lowest BCUT2D eigenvalue weighted by Gasteiger charge is -2.27. The van der Waals surface area contributed by atoms with E-state index < -0.39 is 0 Å². The molecule has 0 radical (unpaired) electrons. The lowest BCUT2D eigenvalue weighted by Crippen LogP contribution is -2.25. The molecule has 0 aromatic rings. The minimum absolute atomic E-state index is 0.914. The Morgan fingerprint density at radius 2 is 0.708 bits per heavy atom. The molecule has 3 heterocycles. The van der Waals surface area contributed by atoms with Crippen molar-refractivity contribution in [3.63, 3.8) is 0 Å². The van der Waals surface area contributed by atoms with Crippen LogP contribution in [0.15, 0.2) is 0 Å². The highest BCUT2D eigenvalue weighted by molar-refractivity contribution is 8.10. The summed E-state index contributed by atoms with van der Waals surface area (Å²) in [5.41, 5.74) is 0. The molecule has 4 unspecified atom stereocenters. The van der Waals surface area contributed by atoms with Gasteiger partial charge >= 0.3 is 0 Å². The molecular weight excluding hydrogens is 449 g/mol. The van der Waals surface area contributed by atoms with Crippen LogP contribution in [0.4, 0.5) is 0 Å². The molecule has 0 aromatic carbocycles. The average Bonchev–Trinajstić information content (AvgIpc) is 3.50. The van der Waals surface area contributed by atoms with E-state index >= 15 is 0 Å². The van der Waals surface area contributed by atoms with Crippen LogP contribution in [0.5, 0.6) is 0 Å². The van der Waals surface area contributed by atoms with Gasteiger partial charge in [-0.1, -0.05) is 0 Å². The third-order valence-electron chi connectivity index (χ3n) is 3.80. The highest BCUT2D eigenvalue weighted by atomic mass is 32.2. The van der Waals surface area contributed by atoms with E-state index in [0.717, 1.165) is 21.0 Å². The molecule has 3 aliphatic heterocycles. The normalized spacial score (nSPS) is 32.0. The molecule has 0 nitrogen and oxygen atoms in total. The molecular formula is C16H28S8. The fourth-order valence-electron chi connectivity index (χ4n) is 2.20. The third kappa shape index (κ3) is 10.4. The smallest absolute Gasteiger partial charge is 0.0229 e. The van der Waals surface area contributed by atoms with Gasteiger partial charge in [-0.25, -0.2) is 0 Å². The van der Waals surface area contributed by atoms with Gasteiger partial charge in [0, 0.05) is 90.0 Å². The Balaban J connectivity index is 1.08. The van der Waals surface area contributed by atoms with E-state index in [4.69, 9.17) is 0 Å². The van der Waals surface area contributed by atoms with Crippen LogP contribution in [-0.2, 0) is 0 Å². The second-order valence-corrected chi connectivity index (χ2v) is 16.1. The molecule has 0 amide bonds. The molecule has 140 valence electrons. The molecule has 0 bridgehead atoms. The maximum Gasteiger partial charge on any atom is 0.0229 e. The summed E-state index contributed by atoms with van der Waals surface area (Å²) >= 11 is 17.5. The van der Waals surface area contributed by atoms with Crippen molar-refractivity contribution in [3.8, 4) is 0 Å². The quantitative estimate of drug-likeness (QED) is 0.239. The Labute approximate surface area is 182 Å². The van der Waals surface area contributed by atoms with Crippen LogP contribution in [0.3, 0.4) is 0 Å². The van der Waals surface area contributed by atoms with E-state index in [1.807, 2.05) is 0 Å². The Kier molecular flexibility index (Phi) is 11.7. The molecule has 0 aliphatic carbocycles. The first-order chi connectivity index (χ1) is 11.9. The second-order valence-electron chi connectivity index (χ2n) is 6.12. The van der Waals surface area contributed by atoms with E-state index in [1.54, 1.807) is 0 Å². The van der Waals surface area contributed by atoms with Crippen LogP contribution >= 0.6 is 94.1 Å². The van der Waals surface area contributed by atoms with Crippen molar-refractivity contribution in [2.24, 2.45) is 0 Å². The van der Waals surface area contributed by atoms with Crippen LogP contribution in [0.2, 0.25) is 0 Å². The van der Waals surface area contributed by atoms with Crippen LogP contribution in [0, 0.1) is 0 Å². The maximum atomic E-state index is 2.26. The Bertz CT molecular complexity index is 294. The summed E-state index contributed by atoms with van der Waals surface area (Å²) in [4.78, 5) is 0. The fourth-order valence-corrected chi connectivity index (χ4v) is 12.5. The largest absolute Gasteiger partial charge is 0.160 e. The third-order valence-corrected chi connectivity index (χ3v) is 14.8. The summed E-state index contributed by atoms with van der Waals surface area (Å²) in [5, 5.41) is 3.85. The first-order valence-corrected chi connectivity index (χ1v) is 17.5. The first kappa shape index (κ1) is 21.5. The molecule has 0 spiro atoms. The number of rotatable bonds is 14. The van der Waals surface area contributed by atoms with Crippen LogP contribution in [0.25, 0.3) is 0 Å². The molecule has 3 saturated heterocycles.